The van der Waals surface area contributed by atoms with Gasteiger partial charge >= 0.3 is 6.18 Å². The minimum atomic E-state index is -4.45. The van der Waals surface area contributed by atoms with Gasteiger partial charge in [-0.25, -0.2) is 0 Å². The second-order valence-electron chi connectivity index (χ2n) is 5.41. The Morgan fingerprint density at radius 1 is 1.09 bits per heavy atom. The SMILES string of the molecule is FC(F)(F)c1ccc(CN2CCCCC2)cc1-n1ncnn1. The van der Waals surface area contributed by atoms with Crippen molar-refractivity contribution >= 4 is 0 Å². The first-order valence-electron chi connectivity index (χ1n) is 7.20. The van der Waals surface area contributed by atoms with E-state index in [1.165, 1.54) is 18.6 Å². The van der Waals surface area contributed by atoms with Gasteiger partial charge in [0.15, 0.2) is 6.33 Å². The van der Waals surface area contributed by atoms with Crippen LogP contribution in [0.4, 0.5) is 13.2 Å². The van der Waals surface area contributed by atoms with Gasteiger partial charge in [0.1, 0.15) is 0 Å². The molecule has 0 radical (unpaired) electrons. The molecule has 1 aromatic heterocycles. The van der Waals surface area contributed by atoms with Crippen LogP contribution in [0, 0.1) is 0 Å². The molecule has 2 heterocycles. The second-order valence-corrected chi connectivity index (χ2v) is 5.41. The first-order valence-corrected chi connectivity index (χ1v) is 7.20. The Hall–Kier alpha value is -1.96. The first kappa shape index (κ1) is 15.0. The first-order chi connectivity index (χ1) is 10.5. The number of rotatable bonds is 3. The minimum Gasteiger partial charge on any atom is -0.299 e. The number of likely N-dealkylation sites (tertiary alicyclic amines) is 1. The molecule has 22 heavy (non-hydrogen) atoms. The number of piperidine rings is 1. The van der Waals surface area contributed by atoms with Gasteiger partial charge in [0.2, 0.25) is 0 Å². The molecule has 0 spiro atoms. The molecule has 0 atom stereocenters. The molecule has 118 valence electrons. The summed E-state index contributed by atoms with van der Waals surface area (Å²) in [5.41, 5.74) is -0.0189. The molecule has 5 nitrogen and oxygen atoms in total. The number of benzene rings is 1. The molecule has 0 amide bonds. The Morgan fingerprint density at radius 3 is 2.50 bits per heavy atom. The maximum absolute atomic E-state index is 13.1. The van der Waals surface area contributed by atoms with E-state index in [-0.39, 0.29) is 5.69 Å². The van der Waals surface area contributed by atoms with Crippen molar-refractivity contribution in [2.45, 2.75) is 32.0 Å². The van der Waals surface area contributed by atoms with E-state index in [2.05, 4.69) is 20.3 Å². The van der Waals surface area contributed by atoms with E-state index in [1.54, 1.807) is 0 Å². The summed E-state index contributed by atoms with van der Waals surface area (Å²) in [6, 6.07) is 4.12. The average molecular weight is 311 g/mol. The van der Waals surface area contributed by atoms with Crippen molar-refractivity contribution in [1.29, 1.82) is 0 Å². The van der Waals surface area contributed by atoms with Crippen LogP contribution in [0.2, 0.25) is 0 Å². The Labute approximate surface area is 125 Å². The van der Waals surface area contributed by atoms with Gasteiger partial charge in [-0.2, -0.15) is 13.2 Å². The summed E-state index contributed by atoms with van der Waals surface area (Å²) in [5.74, 6) is 0. The molecule has 0 N–H and O–H groups in total. The summed E-state index contributed by atoms with van der Waals surface area (Å²) >= 11 is 0. The minimum absolute atomic E-state index is 0.0838. The summed E-state index contributed by atoms with van der Waals surface area (Å²) in [6.07, 6.45) is 0.165. The third-order valence-electron chi connectivity index (χ3n) is 3.79. The van der Waals surface area contributed by atoms with Gasteiger partial charge in [-0.1, -0.05) is 12.5 Å². The van der Waals surface area contributed by atoms with Crippen molar-refractivity contribution in [3.05, 3.63) is 35.7 Å². The Balaban J connectivity index is 1.92. The van der Waals surface area contributed by atoms with Gasteiger partial charge < -0.3 is 0 Å². The van der Waals surface area contributed by atoms with Crippen LogP contribution >= 0.6 is 0 Å². The quantitative estimate of drug-likeness (QED) is 0.874. The molecular formula is C14H16F3N5. The fourth-order valence-electron chi connectivity index (χ4n) is 2.73. The molecule has 8 heteroatoms. The number of aromatic nitrogens is 4. The molecule has 1 saturated heterocycles. The predicted molar refractivity (Wildman–Crippen MR) is 73.3 cm³/mol. The monoisotopic (exact) mass is 311 g/mol. The molecule has 0 saturated carbocycles. The van der Waals surface area contributed by atoms with Crippen molar-refractivity contribution in [1.82, 2.24) is 25.1 Å². The third-order valence-corrected chi connectivity index (χ3v) is 3.79. The summed E-state index contributed by atoms with van der Waals surface area (Å²) in [4.78, 5) is 3.17. The topological polar surface area (TPSA) is 46.8 Å². The summed E-state index contributed by atoms with van der Waals surface area (Å²) in [7, 11) is 0. The predicted octanol–water partition coefficient (Wildman–Crippen LogP) is 2.67. The number of halogens is 3. The van der Waals surface area contributed by atoms with Crippen LogP contribution < -0.4 is 0 Å². The maximum Gasteiger partial charge on any atom is 0.418 e. The van der Waals surface area contributed by atoms with Crippen molar-refractivity contribution in [2.75, 3.05) is 13.1 Å². The molecule has 1 aromatic carbocycles. The highest BCUT2D eigenvalue weighted by atomic mass is 19.4. The lowest BCUT2D eigenvalue weighted by molar-refractivity contribution is -0.137. The van der Waals surface area contributed by atoms with Crippen LogP contribution in [-0.4, -0.2) is 38.2 Å². The highest BCUT2D eigenvalue weighted by Gasteiger charge is 2.34. The molecule has 3 rings (SSSR count). The van der Waals surface area contributed by atoms with E-state index in [9.17, 15) is 13.2 Å². The summed E-state index contributed by atoms with van der Waals surface area (Å²) in [5, 5.41) is 10.8. The molecule has 0 unspecified atom stereocenters. The number of nitrogens with zero attached hydrogens (tertiary/aromatic N) is 5. The zero-order valence-electron chi connectivity index (χ0n) is 11.9. The smallest absolute Gasteiger partial charge is 0.299 e. The van der Waals surface area contributed by atoms with Crippen LogP contribution in [0.3, 0.4) is 0 Å². The zero-order valence-corrected chi connectivity index (χ0v) is 11.9. The Kier molecular flexibility index (Phi) is 4.10. The highest BCUT2D eigenvalue weighted by molar-refractivity contribution is 5.44. The Bertz CT molecular complexity index is 618. The fraction of sp³-hybridized carbons (Fsp3) is 0.500. The molecule has 2 aromatic rings. The van der Waals surface area contributed by atoms with E-state index < -0.39 is 11.7 Å². The van der Waals surface area contributed by atoms with Gasteiger partial charge in [-0.15, -0.1) is 15.0 Å². The lowest BCUT2D eigenvalue weighted by atomic mass is 10.1. The number of hydrogen-bond acceptors (Lipinski definition) is 4. The molecule has 0 bridgehead atoms. The lowest BCUT2D eigenvalue weighted by Crippen LogP contribution is -2.29. The highest BCUT2D eigenvalue weighted by Crippen LogP contribution is 2.34. The molecule has 1 fully saturated rings. The maximum atomic E-state index is 13.1. The van der Waals surface area contributed by atoms with E-state index in [1.807, 2.05) is 0 Å². The molecular weight excluding hydrogens is 295 g/mol. The number of alkyl halides is 3. The van der Waals surface area contributed by atoms with E-state index in [0.29, 0.717) is 6.54 Å². The number of hydrogen-bond donors (Lipinski definition) is 0. The van der Waals surface area contributed by atoms with Gasteiger partial charge in [0, 0.05) is 6.54 Å². The van der Waals surface area contributed by atoms with Crippen LogP contribution in [0.25, 0.3) is 5.69 Å². The Morgan fingerprint density at radius 2 is 1.86 bits per heavy atom. The van der Waals surface area contributed by atoms with Crippen LogP contribution in [0.15, 0.2) is 24.5 Å². The summed E-state index contributed by atoms with van der Waals surface area (Å²) in [6.45, 7) is 2.61. The van der Waals surface area contributed by atoms with E-state index in [0.717, 1.165) is 48.7 Å². The van der Waals surface area contributed by atoms with E-state index >= 15 is 0 Å². The second kappa shape index (κ2) is 6.04. The van der Waals surface area contributed by atoms with Crippen molar-refractivity contribution in [3.63, 3.8) is 0 Å². The van der Waals surface area contributed by atoms with Crippen molar-refractivity contribution in [3.8, 4) is 5.69 Å². The molecule has 0 aliphatic carbocycles. The third kappa shape index (κ3) is 3.27. The van der Waals surface area contributed by atoms with Gasteiger partial charge in [-0.05, 0) is 48.8 Å². The van der Waals surface area contributed by atoms with Crippen LogP contribution in [0.5, 0.6) is 0 Å². The fourth-order valence-corrected chi connectivity index (χ4v) is 2.73. The lowest BCUT2D eigenvalue weighted by Gasteiger charge is -2.26. The van der Waals surface area contributed by atoms with Gasteiger partial charge in [-0.3, -0.25) is 4.90 Å². The van der Waals surface area contributed by atoms with Crippen LogP contribution in [0.1, 0.15) is 30.4 Å². The normalized spacial score (nSPS) is 16.9. The van der Waals surface area contributed by atoms with E-state index in [4.69, 9.17) is 0 Å². The van der Waals surface area contributed by atoms with Crippen molar-refractivity contribution in [2.24, 2.45) is 0 Å². The van der Waals surface area contributed by atoms with Gasteiger partial charge in [0.05, 0.1) is 11.3 Å². The zero-order chi connectivity index (χ0) is 15.6. The molecule has 1 aliphatic rings. The molecule has 1 aliphatic heterocycles. The largest absolute Gasteiger partial charge is 0.418 e. The standard InChI is InChI=1S/C14H16F3N5/c15-14(16,17)12-5-4-11(9-21-6-2-1-3-7-21)8-13(12)22-19-10-18-20-22/h4-5,8,10H,1-3,6-7,9H2. The number of tetrazole rings is 1. The van der Waals surface area contributed by atoms with Crippen LogP contribution in [-0.2, 0) is 12.7 Å². The summed E-state index contributed by atoms with van der Waals surface area (Å²) < 4.78 is 39.4. The average Bonchev–Trinajstić information content (AvgIpc) is 3.01. The van der Waals surface area contributed by atoms with Crippen molar-refractivity contribution < 1.29 is 13.2 Å². The van der Waals surface area contributed by atoms with Gasteiger partial charge in [0.25, 0.3) is 0 Å².